The van der Waals surface area contributed by atoms with E-state index in [-0.39, 0.29) is 23.3 Å². The molecule has 2 aliphatic carbocycles. The highest BCUT2D eigenvalue weighted by atomic mass is 35.5. The molecule has 0 radical (unpaired) electrons. The summed E-state index contributed by atoms with van der Waals surface area (Å²) in [5, 5.41) is 13.5. The fraction of sp³-hybridized carbons (Fsp3) is 0.526. The summed E-state index contributed by atoms with van der Waals surface area (Å²) in [6, 6.07) is 6.68. The summed E-state index contributed by atoms with van der Waals surface area (Å²) >= 11 is 6.03. The predicted molar refractivity (Wildman–Crippen MR) is 96.5 cm³/mol. The third-order valence-electron chi connectivity index (χ3n) is 6.25. The van der Waals surface area contributed by atoms with E-state index in [4.69, 9.17) is 21.6 Å². The maximum atomic E-state index is 12.0. The minimum absolute atomic E-state index is 0.0578. The van der Waals surface area contributed by atoms with E-state index in [9.17, 15) is 4.79 Å². The van der Waals surface area contributed by atoms with Crippen LogP contribution in [0.5, 0.6) is 5.75 Å². The Morgan fingerprint density at radius 3 is 2.80 bits per heavy atom. The van der Waals surface area contributed by atoms with Gasteiger partial charge >= 0.3 is 0 Å². The number of amides is 1. The van der Waals surface area contributed by atoms with E-state index in [0.717, 1.165) is 18.6 Å². The number of benzene rings is 1. The third-order valence-corrected chi connectivity index (χ3v) is 6.54. The van der Waals surface area contributed by atoms with Gasteiger partial charge in [-0.05, 0) is 48.8 Å². The van der Waals surface area contributed by atoms with E-state index >= 15 is 0 Å². The molecule has 2 aliphatic rings. The summed E-state index contributed by atoms with van der Waals surface area (Å²) < 4.78 is 5.42. The van der Waals surface area contributed by atoms with Gasteiger partial charge in [-0.1, -0.05) is 32.4 Å². The quantitative estimate of drug-likeness (QED) is 0.828. The summed E-state index contributed by atoms with van der Waals surface area (Å²) in [4.78, 5) is 12.0. The average molecular weight is 360 g/mol. The molecule has 2 bridgehead atoms. The van der Waals surface area contributed by atoms with Crippen LogP contribution in [0.4, 0.5) is 0 Å². The van der Waals surface area contributed by atoms with Crippen molar-refractivity contribution in [3.05, 3.63) is 28.8 Å². The van der Waals surface area contributed by atoms with Crippen LogP contribution in [0.15, 0.2) is 23.3 Å². The first-order valence-corrected chi connectivity index (χ1v) is 8.84. The number of hydrogen-bond acceptors (Lipinski definition) is 4. The second kappa shape index (κ2) is 6.34. The lowest BCUT2D eigenvalue weighted by Gasteiger charge is -2.34. The van der Waals surface area contributed by atoms with Crippen molar-refractivity contribution in [2.24, 2.45) is 21.8 Å². The lowest BCUT2D eigenvalue weighted by atomic mass is 9.70. The van der Waals surface area contributed by atoms with Crippen molar-refractivity contribution >= 4 is 23.2 Å². The standard InChI is InChI=1S/C19H22ClN3O2/c1-18(2)13-6-7-19(18,3)16(9-13)22-23-17(24)11-25-15-5-4-12(10-21)8-14(15)20/h4-5,8,13H,6-7,9,11H2,1-3H3,(H,23,24). The van der Waals surface area contributed by atoms with Gasteiger partial charge in [0.2, 0.25) is 0 Å². The van der Waals surface area contributed by atoms with E-state index in [1.54, 1.807) is 12.1 Å². The van der Waals surface area contributed by atoms with Crippen LogP contribution in [-0.2, 0) is 4.79 Å². The maximum Gasteiger partial charge on any atom is 0.277 e. The Kier molecular flexibility index (Phi) is 4.51. The summed E-state index contributed by atoms with van der Waals surface area (Å²) in [6.45, 7) is 6.67. The molecule has 25 heavy (non-hydrogen) atoms. The van der Waals surface area contributed by atoms with Crippen molar-refractivity contribution in [2.75, 3.05) is 6.61 Å². The number of ether oxygens (including phenoxy) is 1. The molecular formula is C19H22ClN3O2. The summed E-state index contributed by atoms with van der Waals surface area (Å²) in [5.74, 6) is 0.690. The number of fused-ring (bicyclic) bond motifs is 2. The Labute approximate surface area is 153 Å². The number of nitrogens with one attached hydrogen (secondary N) is 1. The zero-order valence-electron chi connectivity index (χ0n) is 14.7. The Morgan fingerprint density at radius 2 is 2.24 bits per heavy atom. The monoisotopic (exact) mass is 359 g/mol. The van der Waals surface area contributed by atoms with E-state index < -0.39 is 0 Å². The number of carbonyl (C=O) groups is 1. The number of nitriles is 1. The summed E-state index contributed by atoms with van der Waals surface area (Å²) in [7, 11) is 0. The van der Waals surface area contributed by atoms with Crippen LogP contribution in [-0.4, -0.2) is 18.2 Å². The number of halogens is 1. The molecule has 5 nitrogen and oxygen atoms in total. The van der Waals surface area contributed by atoms with E-state index in [1.807, 2.05) is 6.07 Å². The van der Waals surface area contributed by atoms with Gasteiger partial charge in [0, 0.05) is 11.1 Å². The van der Waals surface area contributed by atoms with Crippen LogP contribution in [0, 0.1) is 28.1 Å². The van der Waals surface area contributed by atoms with Crippen LogP contribution in [0.2, 0.25) is 5.02 Å². The van der Waals surface area contributed by atoms with Crippen LogP contribution in [0.1, 0.15) is 45.6 Å². The zero-order valence-corrected chi connectivity index (χ0v) is 15.5. The van der Waals surface area contributed by atoms with Gasteiger partial charge in [0.05, 0.1) is 16.7 Å². The largest absolute Gasteiger partial charge is 0.482 e. The molecule has 0 aliphatic heterocycles. The van der Waals surface area contributed by atoms with Crippen molar-refractivity contribution < 1.29 is 9.53 Å². The minimum atomic E-state index is -0.322. The van der Waals surface area contributed by atoms with Gasteiger partial charge in [-0.3, -0.25) is 4.79 Å². The molecule has 0 aromatic heterocycles. The predicted octanol–water partition coefficient (Wildman–Crippen LogP) is 3.91. The third kappa shape index (κ3) is 3.00. The Morgan fingerprint density at radius 1 is 1.48 bits per heavy atom. The van der Waals surface area contributed by atoms with Crippen LogP contribution >= 0.6 is 11.6 Å². The van der Waals surface area contributed by atoms with Crippen molar-refractivity contribution in [3.8, 4) is 11.8 Å². The van der Waals surface area contributed by atoms with Crippen molar-refractivity contribution in [2.45, 2.75) is 40.0 Å². The van der Waals surface area contributed by atoms with Gasteiger partial charge in [-0.25, -0.2) is 5.43 Å². The van der Waals surface area contributed by atoms with E-state index in [1.165, 1.54) is 12.5 Å². The van der Waals surface area contributed by atoms with Gasteiger partial charge in [0.15, 0.2) is 6.61 Å². The molecule has 1 amide bonds. The number of nitrogens with zero attached hydrogens (tertiary/aromatic N) is 2. The molecule has 3 rings (SSSR count). The summed E-state index contributed by atoms with van der Waals surface area (Å²) in [6.07, 6.45) is 3.31. The Hall–Kier alpha value is -2.06. The van der Waals surface area contributed by atoms with Crippen LogP contribution in [0.3, 0.4) is 0 Å². The second-order valence-corrected chi connectivity index (χ2v) is 8.04. The van der Waals surface area contributed by atoms with Crippen molar-refractivity contribution in [1.82, 2.24) is 5.43 Å². The first-order chi connectivity index (χ1) is 11.8. The molecule has 6 heteroatoms. The highest BCUT2D eigenvalue weighted by Crippen LogP contribution is 2.63. The van der Waals surface area contributed by atoms with Gasteiger partial charge < -0.3 is 4.74 Å². The normalized spacial score (nSPS) is 28.0. The Bertz CT molecular complexity index is 781. The molecule has 1 aromatic carbocycles. The van der Waals surface area contributed by atoms with Crippen LogP contribution < -0.4 is 10.2 Å². The molecule has 2 unspecified atom stereocenters. The first kappa shape index (κ1) is 17.8. The van der Waals surface area contributed by atoms with Gasteiger partial charge in [0.1, 0.15) is 5.75 Å². The SMILES string of the molecule is CC12CCC(CC1=NNC(=O)COc1ccc(C#N)cc1Cl)C2(C)C. The smallest absolute Gasteiger partial charge is 0.277 e. The first-order valence-electron chi connectivity index (χ1n) is 8.46. The fourth-order valence-electron chi connectivity index (χ4n) is 4.09. The lowest BCUT2D eigenvalue weighted by molar-refractivity contribution is -0.123. The molecule has 1 N–H and O–H groups in total. The van der Waals surface area contributed by atoms with Gasteiger partial charge in [0.25, 0.3) is 5.91 Å². The van der Waals surface area contributed by atoms with E-state index in [2.05, 4.69) is 31.3 Å². The average Bonchev–Trinajstić information content (AvgIpc) is 2.91. The molecule has 0 saturated heterocycles. The molecule has 1 aromatic rings. The van der Waals surface area contributed by atoms with Crippen molar-refractivity contribution in [3.63, 3.8) is 0 Å². The number of hydrogen-bond donors (Lipinski definition) is 1. The molecule has 2 fully saturated rings. The number of hydrazone groups is 1. The highest BCUT2D eigenvalue weighted by Gasteiger charge is 2.59. The Balaban J connectivity index is 1.59. The highest BCUT2D eigenvalue weighted by molar-refractivity contribution is 6.32. The molecule has 0 heterocycles. The summed E-state index contributed by atoms with van der Waals surface area (Å²) in [5.41, 5.74) is 4.42. The van der Waals surface area contributed by atoms with Gasteiger partial charge in [-0.2, -0.15) is 10.4 Å². The van der Waals surface area contributed by atoms with E-state index in [0.29, 0.717) is 22.3 Å². The molecule has 2 saturated carbocycles. The lowest BCUT2D eigenvalue weighted by Crippen LogP contribution is -2.35. The van der Waals surface area contributed by atoms with Gasteiger partial charge in [-0.15, -0.1) is 0 Å². The fourth-order valence-corrected chi connectivity index (χ4v) is 4.33. The molecule has 0 spiro atoms. The number of carbonyl (C=O) groups excluding carboxylic acids is 1. The molecular weight excluding hydrogens is 338 g/mol. The molecule has 132 valence electrons. The topological polar surface area (TPSA) is 74.5 Å². The second-order valence-electron chi connectivity index (χ2n) is 7.63. The maximum absolute atomic E-state index is 12.0. The van der Waals surface area contributed by atoms with Crippen LogP contribution in [0.25, 0.3) is 0 Å². The zero-order chi connectivity index (χ0) is 18.2. The molecule has 2 atom stereocenters. The van der Waals surface area contributed by atoms with Crippen molar-refractivity contribution in [1.29, 1.82) is 5.26 Å². The number of rotatable bonds is 4. The minimum Gasteiger partial charge on any atom is -0.482 e.